The highest BCUT2D eigenvalue weighted by Crippen LogP contribution is 2.14. The van der Waals surface area contributed by atoms with E-state index in [0.29, 0.717) is 0 Å². The summed E-state index contributed by atoms with van der Waals surface area (Å²) in [7, 11) is 0. The highest BCUT2D eigenvalue weighted by atomic mass is 16.2. The van der Waals surface area contributed by atoms with E-state index in [-0.39, 0.29) is 11.9 Å². The van der Waals surface area contributed by atoms with Gasteiger partial charge in [0, 0.05) is 23.3 Å². The van der Waals surface area contributed by atoms with Crippen LogP contribution in [0.2, 0.25) is 0 Å². The van der Waals surface area contributed by atoms with Crippen LogP contribution < -0.4 is 5.32 Å². The third-order valence-electron chi connectivity index (χ3n) is 2.96. The molecule has 2 rings (SSSR count). The number of hydrogen-bond donors (Lipinski definition) is 1. The molecule has 1 N–H and O–H groups in total. The molecule has 0 aliphatic heterocycles. The van der Waals surface area contributed by atoms with E-state index in [1.807, 2.05) is 39.8 Å². The van der Waals surface area contributed by atoms with Gasteiger partial charge in [-0.2, -0.15) is 5.10 Å². The van der Waals surface area contributed by atoms with E-state index in [2.05, 4.69) is 15.4 Å². The zero-order chi connectivity index (χ0) is 14.0. The Kier molecular flexibility index (Phi) is 3.64. The summed E-state index contributed by atoms with van der Waals surface area (Å²) in [5.41, 5.74) is 3.52. The van der Waals surface area contributed by atoms with Crippen molar-refractivity contribution in [2.75, 3.05) is 5.32 Å². The van der Waals surface area contributed by atoms with Gasteiger partial charge >= 0.3 is 0 Å². The van der Waals surface area contributed by atoms with Crippen LogP contribution in [0.1, 0.15) is 30.0 Å². The van der Waals surface area contributed by atoms with E-state index in [0.717, 1.165) is 22.8 Å². The normalized spacial score (nSPS) is 12.2. The van der Waals surface area contributed by atoms with E-state index in [4.69, 9.17) is 0 Å². The number of carbonyl (C=O) groups excluding carboxylic acids is 1. The lowest BCUT2D eigenvalue weighted by Crippen LogP contribution is -2.25. The van der Waals surface area contributed by atoms with Crippen LogP contribution in [0, 0.1) is 20.8 Å². The number of hydrogen-bond acceptors (Lipinski definition) is 3. The largest absolute Gasteiger partial charge is 0.324 e. The molecule has 5 heteroatoms. The lowest BCUT2D eigenvalue weighted by Gasteiger charge is -2.14. The fourth-order valence-corrected chi connectivity index (χ4v) is 2.02. The Morgan fingerprint density at radius 2 is 2.00 bits per heavy atom. The van der Waals surface area contributed by atoms with Crippen LogP contribution in [0.5, 0.6) is 0 Å². The van der Waals surface area contributed by atoms with Crippen LogP contribution in [-0.4, -0.2) is 20.7 Å². The molecule has 0 fully saturated rings. The molecule has 0 radical (unpaired) electrons. The first-order valence-electron chi connectivity index (χ1n) is 6.23. The van der Waals surface area contributed by atoms with Gasteiger partial charge in [0.25, 0.3) is 0 Å². The van der Waals surface area contributed by atoms with Crippen LogP contribution in [0.15, 0.2) is 24.4 Å². The summed E-state index contributed by atoms with van der Waals surface area (Å²) in [6, 6.07) is 5.23. The van der Waals surface area contributed by atoms with Gasteiger partial charge in [-0.1, -0.05) is 0 Å². The third-order valence-corrected chi connectivity index (χ3v) is 2.96. The van der Waals surface area contributed by atoms with Gasteiger partial charge in [-0.3, -0.25) is 14.5 Å². The number of pyridine rings is 1. The second-order valence-electron chi connectivity index (χ2n) is 4.72. The van der Waals surface area contributed by atoms with Crippen molar-refractivity contribution in [1.29, 1.82) is 0 Å². The van der Waals surface area contributed by atoms with E-state index >= 15 is 0 Å². The molecule has 0 saturated heterocycles. The fourth-order valence-electron chi connectivity index (χ4n) is 2.02. The van der Waals surface area contributed by atoms with Crippen LogP contribution >= 0.6 is 0 Å². The summed E-state index contributed by atoms with van der Waals surface area (Å²) in [5, 5.41) is 7.21. The number of amides is 1. The number of nitrogens with zero attached hydrogens (tertiary/aromatic N) is 3. The molecule has 0 saturated carbocycles. The first-order valence-corrected chi connectivity index (χ1v) is 6.23. The number of aromatic nitrogens is 3. The Hall–Kier alpha value is -2.17. The molecular formula is C14H18N4O. The molecule has 0 spiro atoms. The number of rotatable bonds is 3. The lowest BCUT2D eigenvalue weighted by molar-refractivity contribution is -0.119. The minimum absolute atomic E-state index is 0.0863. The number of anilines is 1. The van der Waals surface area contributed by atoms with Crippen LogP contribution in [0.4, 0.5) is 5.69 Å². The highest BCUT2D eigenvalue weighted by Gasteiger charge is 2.17. The summed E-state index contributed by atoms with van der Waals surface area (Å²) in [6.07, 6.45) is 1.68. The van der Waals surface area contributed by atoms with E-state index in [9.17, 15) is 4.79 Å². The lowest BCUT2D eigenvalue weighted by atomic mass is 10.2. The molecule has 19 heavy (non-hydrogen) atoms. The van der Waals surface area contributed by atoms with Gasteiger partial charge in [0.05, 0.1) is 5.69 Å². The van der Waals surface area contributed by atoms with Gasteiger partial charge in [0.2, 0.25) is 5.91 Å². The Morgan fingerprint density at radius 3 is 2.58 bits per heavy atom. The van der Waals surface area contributed by atoms with Crippen LogP contribution in [0.3, 0.4) is 0 Å². The molecule has 1 unspecified atom stereocenters. The second-order valence-corrected chi connectivity index (χ2v) is 4.72. The van der Waals surface area contributed by atoms with Gasteiger partial charge in [0.1, 0.15) is 6.04 Å². The summed E-state index contributed by atoms with van der Waals surface area (Å²) >= 11 is 0. The van der Waals surface area contributed by atoms with E-state index in [1.54, 1.807) is 16.9 Å². The van der Waals surface area contributed by atoms with E-state index < -0.39 is 0 Å². The topological polar surface area (TPSA) is 59.8 Å². The fraction of sp³-hybridized carbons (Fsp3) is 0.357. The maximum absolute atomic E-state index is 12.2. The van der Waals surface area contributed by atoms with Crippen molar-refractivity contribution in [3.05, 3.63) is 41.5 Å². The Labute approximate surface area is 112 Å². The van der Waals surface area contributed by atoms with Crippen molar-refractivity contribution in [1.82, 2.24) is 14.8 Å². The SMILES string of the molecule is Cc1cc(NC(=O)C(C)n2nc(C)cc2C)ccn1. The summed E-state index contributed by atoms with van der Waals surface area (Å²) < 4.78 is 1.73. The molecule has 0 aliphatic carbocycles. The molecule has 100 valence electrons. The first kappa shape index (κ1) is 13.3. The number of carbonyl (C=O) groups is 1. The summed E-state index contributed by atoms with van der Waals surface area (Å²) in [6.45, 7) is 7.59. The Balaban J connectivity index is 2.14. The Morgan fingerprint density at radius 1 is 1.26 bits per heavy atom. The predicted octanol–water partition coefficient (Wildman–Crippen LogP) is 2.40. The molecule has 1 atom stereocenters. The minimum Gasteiger partial charge on any atom is -0.324 e. The standard InChI is InChI=1S/C14H18N4O/c1-9-8-13(5-6-15-9)16-14(19)12(4)18-11(3)7-10(2)17-18/h5-8,12H,1-4H3,(H,15,16,19). The molecule has 0 aromatic carbocycles. The van der Waals surface area contributed by atoms with Gasteiger partial charge in [-0.25, -0.2) is 0 Å². The number of nitrogens with one attached hydrogen (secondary N) is 1. The van der Waals surface area contributed by atoms with Crippen molar-refractivity contribution in [2.24, 2.45) is 0 Å². The minimum atomic E-state index is -0.345. The molecule has 2 aromatic rings. The molecule has 5 nitrogen and oxygen atoms in total. The van der Waals surface area contributed by atoms with Gasteiger partial charge in [0.15, 0.2) is 0 Å². The molecule has 2 aromatic heterocycles. The summed E-state index contributed by atoms with van der Waals surface area (Å²) in [4.78, 5) is 16.3. The Bertz CT molecular complexity index is 603. The average molecular weight is 258 g/mol. The molecule has 1 amide bonds. The van der Waals surface area contributed by atoms with Crippen molar-refractivity contribution < 1.29 is 4.79 Å². The zero-order valence-electron chi connectivity index (χ0n) is 11.6. The summed E-state index contributed by atoms with van der Waals surface area (Å²) in [5.74, 6) is -0.0863. The molecule has 2 heterocycles. The quantitative estimate of drug-likeness (QED) is 0.919. The third kappa shape index (κ3) is 2.99. The molecule has 0 aliphatic rings. The maximum Gasteiger partial charge on any atom is 0.248 e. The van der Waals surface area contributed by atoms with E-state index in [1.165, 1.54) is 0 Å². The first-order chi connectivity index (χ1) is 8.97. The van der Waals surface area contributed by atoms with Crippen molar-refractivity contribution in [3.8, 4) is 0 Å². The van der Waals surface area contributed by atoms with Crippen molar-refractivity contribution in [2.45, 2.75) is 33.7 Å². The molecular weight excluding hydrogens is 240 g/mol. The van der Waals surface area contributed by atoms with Gasteiger partial charge in [-0.05, 0) is 45.9 Å². The van der Waals surface area contributed by atoms with Gasteiger partial charge in [-0.15, -0.1) is 0 Å². The highest BCUT2D eigenvalue weighted by molar-refractivity contribution is 5.93. The monoisotopic (exact) mass is 258 g/mol. The predicted molar refractivity (Wildman–Crippen MR) is 74.0 cm³/mol. The van der Waals surface area contributed by atoms with Crippen molar-refractivity contribution in [3.63, 3.8) is 0 Å². The number of aryl methyl sites for hydroxylation is 3. The van der Waals surface area contributed by atoms with Gasteiger partial charge < -0.3 is 5.32 Å². The maximum atomic E-state index is 12.2. The second kappa shape index (κ2) is 5.22. The smallest absolute Gasteiger partial charge is 0.248 e. The van der Waals surface area contributed by atoms with Crippen molar-refractivity contribution >= 4 is 11.6 Å². The molecule has 0 bridgehead atoms. The van der Waals surface area contributed by atoms with Crippen LogP contribution in [-0.2, 0) is 4.79 Å². The van der Waals surface area contributed by atoms with Crippen LogP contribution in [0.25, 0.3) is 0 Å². The zero-order valence-corrected chi connectivity index (χ0v) is 11.6. The average Bonchev–Trinajstić information content (AvgIpc) is 2.67.